The van der Waals surface area contributed by atoms with E-state index in [0.717, 1.165) is 22.7 Å². The summed E-state index contributed by atoms with van der Waals surface area (Å²) >= 11 is 1.38. The molecule has 180 valence electrons. The molecule has 2 aromatic carbocycles. The maximum atomic E-state index is 13.5. The molecule has 0 saturated carbocycles. The smallest absolute Gasteiger partial charge is 0.273 e. The number of benzene rings is 2. The van der Waals surface area contributed by atoms with Crippen molar-refractivity contribution in [3.05, 3.63) is 88.8 Å². The van der Waals surface area contributed by atoms with Gasteiger partial charge in [-0.15, -0.1) is 5.10 Å². The third-order valence-corrected chi connectivity index (χ3v) is 6.08. The predicted octanol–water partition coefficient (Wildman–Crippen LogP) is 4.09. The quantitative estimate of drug-likeness (QED) is 0.278. The van der Waals surface area contributed by atoms with E-state index in [2.05, 4.69) is 25.6 Å². The van der Waals surface area contributed by atoms with Crippen LogP contribution < -0.4 is 10.1 Å². The Morgan fingerprint density at radius 3 is 2.51 bits per heavy atom. The molecule has 0 aliphatic rings. The molecule has 0 bridgehead atoms. The van der Waals surface area contributed by atoms with Gasteiger partial charge in [-0.3, -0.25) is 4.79 Å². The van der Waals surface area contributed by atoms with Crippen molar-refractivity contribution in [3.8, 4) is 11.4 Å². The molecule has 0 aliphatic carbocycles. The molecule has 4 aromatic rings. The number of ether oxygens (including phenoxy) is 1. The number of aromatic nitrogens is 5. The number of hydrogen-bond donors (Lipinski definition) is 1. The van der Waals surface area contributed by atoms with Gasteiger partial charge in [-0.2, -0.15) is 0 Å². The van der Waals surface area contributed by atoms with Crippen molar-refractivity contribution in [2.75, 3.05) is 13.7 Å². The lowest BCUT2D eigenvalue weighted by molar-refractivity contribution is 0.0948. The van der Waals surface area contributed by atoms with Gasteiger partial charge in [-0.1, -0.05) is 35.2 Å². The summed E-state index contributed by atoms with van der Waals surface area (Å²) in [7, 11) is 1.62. The molecule has 8 nitrogen and oxygen atoms in total. The Kier molecular flexibility index (Phi) is 7.71. The highest BCUT2D eigenvalue weighted by atomic mass is 32.2. The Labute approximate surface area is 207 Å². The second kappa shape index (κ2) is 11.1. The number of para-hydroxylation sites is 1. The van der Waals surface area contributed by atoms with Crippen molar-refractivity contribution >= 4 is 17.7 Å². The zero-order valence-electron chi connectivity index (χ0n) is 19.7. The highest BCUT2D eigenvalue weighted by Gasteiger charge is 2.21. The molecule has 1 N–H and O–H groups in total. The summed E-state index contributed by atoms with van der Waals surface area (Å²) in [6.07, 6.45) is 0.600. The summed E-state index contributed by atoms with van der Waals surface area (Å²) in [4.78, 5) is 22.0. The van der Waals surface area contributed by atoms with Crippen LogP contribution in [0.1, 0.15) is 33.1 Å². The van der Waals surface area contributed by atoms with E-state index in [4.69, 9.17) is 4.74 Å². The fraction of sp³-hybridized carbons (Fsp3) is 0.240. The number of nitrogens with zero attached hydrogens (tertiary/aromatic N) is 5. The third-order valence-electron chi connectivity index (χ3n) is 5.22. The van der Waals surface area contributed by atoms with Crippen molar-refractivity contribution in [1.82, 2.24) is 30.3 Å². The van der Waals surface area contributed by atoms with E-state index in [0.29, 0.717) is 35.3 Å². The molecule has 0 atom stereocenters. The summed E-state index contributed by atoms with van der Waals surface area (Å²) in [6, 6.07) is 15.4. The normalized spacial score (nSPS) is 10.9. The van der Waals surface area contributed by atoms with Crippen LogP contribution in [0.3, 0.4) is 0 Å². The molecular formula is C25H25FN6O2S. The number of carbonyl (C=O) groups is 1. The van der Waals surface area contributed by atoms with Crippen molar-refractivity contribution in [3.63, 3.8) is 0 Å². The first-order chi connectivity index (χ1) is 16.9. The molecule has 2 aromatic heterocycles. The largest absolute Gasteiger partial charge is 0.496 e. The summed E-state index contributed by atoms with van der Waals surface area (Å²) < 4.78 is 20.4. The van der Waals surface area contributed by atoms with Crippen LogP contribution in [-0.4, -0.2) is 44.5 Å². The second-order valence-corrected chi connectivity index (χ2v) is 8.76. The fourth-order valence-electron chi connectivity index (χ4n) is 3.59. The number of thioether (sulfide) groups is 1. The monoisotopic (exact) mass is 492 g/mol. The highest BCUT2D eigenvalue weighted by Crippen LogP contribution is 2.24. The van der Waals surface area contributed by atoms with Gasteiger partial charge in [0, 0.05) is 23.7 Å². The van der Waals surface area contributed by atoms with E-state index in [9.17, 15) is 9.18 Å². The number of methoxy groups -OCH3 is 1. The lowest BCUT2D eigenvalue weighted by Crippen LogP contribution is -2.27. The van der Waals surface area contributed by atoms with Gasteiger partial charge in [0.2, 0.25) is 0 Å². The Balaban J connectivity index is 1.55. The van der Waals surface area contributed by atoms with Crippen LogP contribution in [0.25, 0.3) is 5.69 Å². The topological polar surface area (TPSA) is 94.8 Å². The summed E-state index contributed by atoms with van der Waals surface area (Å²) in [6.45, 7) is 4.21. The van der Waals surface area contributed by atoms with Gasteiger partial charge in [0.05, 0.1) is 18.5 Å². The summed E-state index contributed by atoms with van der Waals surface area (Å²) in [5, 5.41) is 11.9. The molecule has 0 radical (unpaired) electrons. The zero-order valence-corrected chi connectivity index (χ0v) is 20.5. The molecule has 0 spiro atoms. The van der Waals surface area contributed by atoms with Crippen molar-refractivity contribution in [2.45, 2.75) is 31.2 Å². The van der Waals surface area contributed by atoms with Crippen LogP contribution in [0.4, 0.5) is 4.39 Å². The maximum Gasteiger partial charge on any atom is 0.273 e. The maximum absolute atomic E-state index is 13.5. The molecule has 0 saturated heterocycles. The molecule has 2 heterocycles. The van der Waals surface area contributed by atoms with Crippen LogP contribution in [0.15, 0.2) is 59.8 Å². The molecule has 1 amide bonds. The number of hydrogen-bond acceptors (Lipinski definition) is 7. The lowest BCUT2D eigenvalue weighted by atomic mass is 10.1. The molecule has 10 heteroatoms. The number of rotatable bonds is 9. The SMILES string of the molecule is COc1ccccc1CCNC(=O)c1nnn(-c2ccc(F)cc2)c1CSc1nc(C)cc(C)n1. The van der Waals surface area contributed by atoms with Crippen molar-refractivity contribution < 1.29 is 13.9 Å². The molecular weight excluding hydrogens is 467 g/mol. The van der Waals surface area contributed by atoms with Gasteiger partial charge >= 0.3 is 0 Å². The first-order valence-electron chi connectivity index (χ1n) is 11.0. The minimum absolute atomic E-state index is 0.200. The predicted molar refractivity (Wildman–Crippen MR) is 131 cm³/mol. The molecule has 4 rings (SSSR count). The van der Waals surface area contributed by atoms with Gasteiger partial charge < -0.3 is 10.1 Å². The number of aryl methyl sites for hydroxylation is 2. The van der Waals surface area contributed by atoms with Crippen molar-refractivity contribution in [2.24, 2.45) is 0 Å². The lowest BCUT2D eigenvalue weighted by Gasteiger charge is -2.10. The number of nitrogens with one attached hydrogen (secondary N) is 1. The molecule has 0 unspecified atom stereocenters. The van der Waals surface area contributed by atoms with E-state index in [1.54, 1.807) is 23.9 Å². The van der Waals surface area contributed by atoms with Gasteiger partial charge in [0.15, 0.2) is 10.9 Å². The first kappa shape index (κ1) is 24.3. The van der Waals surface area contributed by atoms with Gasteiger partial charge in [0.25, 0.3) is 5.91 Å². The van der Waals surface area contributed by atoms with E-state index >= 15 is 0 Å². The number of carbonyl (C=O) groups excluding carboxylic acids is 1. The Bertz CT molecular complexity index is 1310. The van der Waals surface area contributed by atoms with Crippen LogP contribution in [-0.2, 0) is 12.2 Å². The van der Waals surface area contributed by atoms with E-state index in [1.807, 2.05) is 44.2 Å². The Morgan fingerprint density at radius 2 is 1.80 bits per heavy atom. The highest BCUT2D eigenvalue weighted by molar-refractivity contribution is 7.98. The average molecular weight is 493 g/mol. The van der Waals surface area contributed by atoms with Crippen molar-refractivity contribution in [1.29, 1.82) is 0 Å². The van der Waals surface area contributed by atoms with E-state index in [-0.39, 0.29) is 17.4 Å². The van der Waals surface area contributed by atoms with Crippen LogP contribution in [0, 0.1) is 19.7 Å². The average Bonchev–Trinajstić information content (AvgIpc) is 3.27. The minimum Gasteiger partial charge on any atom is -0.496 e. The Morgan fingerprint density at radius 1 is 1.09 bits per heavy atom. The fourth-order valence-corrected chi connectivity index (χ4v) is 4.53. The summed E-state index contributed by atoms with van der Waals surface area (Å²) in [5.41, 5.74) is 4.08. The second-order valence-electron chi connectivity index (χ2n) is 7.81. The van der Waals surface area contributed by atoms with E-state index < -0.39 is 0 Å². The van der Waals surface area contributed by atoms with Crippen LogP contribution in [0.5, 0.6) is 5.75 Å². The summed E-state index contributed by atoms with van der Waals surface area (Å²) in [5.74, 6) is 0.421. The minimum atomic E-state index is -0.359. The number of amides is 1. The third kappa shape index (κ3) is 6.02. The van der Waals surface area contributed by atoms with Gasteiger partial charge in [0.1, 0.15) is 11.6 Å². The molecule has 0 fully saturated rings. The Hall–Kier alpha value is -3.79. The first-order valence-corrected chi connectivity index (χ1v) is 12.0. The number of halogens is 1. The standard InChI is InChI=1S/C25H25FN6O2S/c1-16-14-17(2)29-25(28-16)35-15-21-23(30-31-32(21)20-10-8-19(26)9-11-20)24(33)27-13-12-18-6-4-5-7-22(18)34-3/h4-11,14H,12-13,15H2,1-3H3,(H,27,33). The molecule has 35 heavy (non-hydrogen) atoms. The van der Waals surface area contributed by atoms with Gasteiger partial charge in [-0.05, 0) is 62.2 Å². The molecule has 0 aliphatic heterocycles. The van der Waals surface area contributed by atoms with Crippen LogP contribution in [0.2, 0.25) is 0 Å². The zero-order chi connectivity index (χ0) is 24.8. The van der Waals surface area contributed by atoms with E-state index in [1.165, 1.54) is 23.9 Å². The van der Waals surface area contributed by atoms with Crippen LogP contribution >= 0.6 is 11.8 Å². The van der Waals surface area contributed by atoms with Gasteiger partial charge in [-0.25, -0.2) is 19.0 Å².